The van der Waals surface area contributed by atoms with Crippen LogP contribution in [0.2, 0.25) is 0 Å². The third-order valence-corrected chi connectivity index (χ3v) is 4.93. The van der Waals surface area contributed by atoms with Crippen LogP contribution < -0.4 is 0 Å². The maximum atomic E-state index is 8.94. The van der Waals surface area contributed by atoms with Gasteiger partial charge in [0.15, 0.2) is 0 Å². The van der Waals surface area contributed by atoms with Gasteiger partial charge in [-0.25, -0.2) is 4.98 Å². The minimum Gasteiger partial charge on any atom is -0.330 e. The second kappa shape index (κ2) is 7.94. The first kappa shape index (κ1) is 17.8. The Morgan fingerprint density at radius 3 is 2.36 bits per heavy atom. The molecule has 0 radical (unpaired) electrons. The van der Waals surface area contributed by atoms with Crippen LogP contribution in [0.15, 0.2) is 85.3 Å². The Labute approximate surface area is 165 Å². The standard InChI is InChI=1S/C25H21N3/c1-19-3-2-4-24(13-19)23-11-9-22(10-12-23)17-28-18-27-16-25(28)14-20-5-7-21(15-26)8-6-20/h2-13,16,18H,14,17H2,1H3. The van der Waals surface area contributed by atoms with Gasteiger partial charge in [-0.3, -0.25) is 0 Å². The van der Waals surface area contributed by atoms with E-state index in [0.717, 1.165) is 18.7 Å². The Hall–Kier alpha value is -3.64. The summed E-state index contributed by atoms with van der Waals surface area (Å²) in [5, 5.41) is 8.94. The molecular formula is C25H21N3. The van der Waals surface area contributed by atoms with Crippen molar-refractivity contribution in [3.63, 3.8) is 0 Å². The molecule has 0 aliphatic rings. The zero-order valence-electron chi connectivity index (χ0n) is 15.8. The number of rotatable bonds is 5. The highest BCUT2D eigenvalue weighted by Crippen LogP contribution is 2.21. The smallest absolute Gasteiger partial charge is 0.0991 e. The largest absolute Gasteiger partial charge is 0.330 e. The summed E-state index contributed by atoms with van der Waals surface area (Å²) in [7, 11) is 0. The highest BCUT2D eigenvalue weighted by molar-refractivity contribution is 5.64. The quantitative estimate of drug-likeness (QED) is 0.478. The summed E-state index contributed by atoms with van der Waals surface area (Å²) in [4.78, 5) is 4.33. The minimum atomic E-state index is 0.686. The molecule has 3 heteroatoms. The lowest BCUT2D eigenvalue weighted by atomic mass is 10.0. The molecule has 1 aromatic heterocycles. The van der Waals surface area contributed by atoms with Gasteiger partial charge in [0.2, 0.25) is 0 Å². The Kier molecular flexibility index (Phi) is 5.03. The summed E-state index contributed by atoms with van der Waals surface area (Å²) >= 11 is 0. The molecule has 136 valence electrons. The first-order chi connectivity index (χ1) is 13.7. The van der Waals surface area contributed by atoms with E-state index in [1.54, 1.807) is 0 Å². The number of nitrogens with zero attached hydrogens (tertiary/aromatic N) is 3. The topological polar surface area (TPSA) is 41.6 Å². The van der Waals surface area contributed by atoms with Gasteiger partial charge in [-0.15, -0.1) is 0 Å². The van der Waals surface area contributed by atoms with Gasteiger partial charge in [-0.05, 0) is 41.3 Å². The number of hydrogen-bond donors (Lipinski definition) is 0. The van der Waals surface area contributed by atoms with Gasteiger partial charge >= 0.3 is 0 Å². The number of aryl methyl sites for hydroxylation is 1. The van der Waals surface area contributed by atoms with Crippen molar-refractivity contribution >= 4 is 0 Å². The molecule has 0 saturated carbocycles. The molecule has 0 amide bonds. The van der Waals surface area contributed by atoms with E-state index in [9.17, 15) is 0 Å². The van der Waals surface area contributed by atoms with Crippen molar-refractivity contribution < 1.29 is 0 Å². The summed E-state index contributed by atoms with van der Waals surface area (Å²) in [5.41, 5.74) is 8.02. The Bertz CT molecular complexity index is 1110. The number of imidazole rings is 1. The third kappa shape index (κ3) is 4.02. The molecule has 0 atom stereocenters. The van der Waals surface area contributed by atoms with E-state index in [2.05, 4.69) is 71.1 Å². The third-order valence-electron chi connectivity index (χ3n) is 4.93. The van der Waals surface area contributed by atoms with Crippen LogP contribution in [0.3, 0.4) is 0 Å². The molecule has 0 N–H and O–H groups in total. The predicted molar refractivity (Wildman–Crippen MR) is 112 cm³/mol. The van der Waals surface area contributed by atoms with Crippen molar-refractivity contribution in [3.05, 3.63) is 113 Å². The van der Waals surface area contributed by atoms with Crippen molar-refractivity contribution in [2.75, 3.05) is 0 Å². The van der Waals surface area contributed by atoms with Crippen LogP contribution in [0.5, 0.6) is 0 Å². The lowest BCUT2D eigenvalue weighted by molar-refractivity contribution is 0.753. The summed E-state index contributed by atoms with van der Waals surface area (Å²) < 4.78 is 2.18. The normalized spacial score (nSPS) is 10.6. The molecule has 4 rings (SSSR count). The van der Waals surface area contributed by atoms with E-state index in [4.69, 9.17) is 5.26 Å². The fourth-order valence-electron chi connectivity index (χ4n) is 3.37. The van der Waals surface area contributed by atoms with Gasteiger partial charge in [0.05, 0.1) is 18.0 Å². The van der Waals surface area contributed by atoms with E-state index in [1.165, 1.54) is 27.8 Å². The van der Waals surface area contributed by atoms with E-state index >= 15 is 0 Å². The first-order valence-electron chi connectivity index (χ1n) is 9.35. The van der Waals surface area contributed by atoms with Gasteiger partial charge in [0.25, 0.3) is 0 Å². The zero-order chi connectivity index (χ0) is 19.3. The van der Waals surface area contributed by atoms with Gasteiger partial charge in [-0.2, -0.15) is 5.26 Å². The molecule has 0 unspecified atom stereocenters. The number of aromatic nitrogens is 2. The van der Waals surface area contributed by atoms with E-state index < -0.39 is 0 Å². The summed E-state index contributed by atoms with van der Waals surface area (Å²) in [6.45, 7) is 2.91. The van der Waals surface area contributed by atoms with Crippen LogP contribution in [0, 0.1) is 18.3 Å². The second-order valence-electron chi connectivity index (χ2n) is 7.06. The molecular weight excluding hydrogens is 342 g/mol. The lowest BCUT2D eigenvalue weighted by Crippen LogP contribution is -2.04. The molecule has 28 heavy (non-hydrogen) atoms. The van der Waals surface area contributed by atoms with Crippen LogP contribution in [0.25, 0.3) is 11.1 Å². The van der Waals surface area contributed by atoms with Gasteiger partial charge in [-0.1, -0.05) is 66.2 Å². The Morgan fingerprint density at radius 1 is 0.893 bits per heavy atom. The number of benzene rings is 3. The summed E-state index contributed by atoms with van der Waals surface area (Å²) in [6, 6.07) is 27.2. The van der Waals surface area contributed by atoms with Crippen LogP contribution in [0.4, 0.5) is 0 Å². The van der Waals surface area contributed by atoms with Gasteiger partial charge in [0.1, 0.15) is 0 Å². The summed E-state index contributed by atoms with van der Waals surface area (Å²) in [5.74, 6) is 0. The molecule has 0 bridgehead atoms. The van der Waals surface area contributed by atoms with E-state index in [1.807, 2.05) is 36.8 Å². The highest BCUT2D eigenvalue weighted by atomic mass is 15.0. The van der Waals surface area contributed by atoms with Crippen LogP contribution in [0.1, 0.15) is 27.9 Å². The maximum Gasteiger partial charge on any atom is 0.0991 e. The first-order valence-corrected chi connectivity index (χ1v) is 9.35. The number of nitriles is 1. The average Bonchev–Trinajstić information content (AvgIpc) is 3.16. The molecule has 3 aromatic carbocycles. The number of hydrogen-bond acceptors (Lipinski definition) is 2. The van der Waals surface area contributed by atoms with Crippen molar-refractivity contribution in [1.82, 2.24) is 9.55 Å². The fourth-order valence-corrected chi connectivity index (χ4v) is 3.37. The summed E-state index contributed by atoms with van der Waals surface area (Å²) in [6.07, 6.45) is 4.60. The lowest BCUT2D eigenvalue weighted by Gasteiger charge is -2.10. The van der Waals surface area contributed by atoms with Gasteiger partial charge in [0, 0.05) is 24.9 Å². The Morgan fingerprint density at radius 2 is 1.64 bits per heavy atom. The molecule has 0 fully saturated rings. The van der Waals surface area contributed by atoms with Crippen LogP contribution >= 0.6 is 0 Å². The monoisotopic (exact) mass is 363 g/mol. The molecule has 1 heterocycles. The fraction of sp³-hybridized carbons (Fsp3) is 0.120. The zero-order valence-corrected chi connectivity index (χ0v) is 15.8. The second-order valence-corrected chi connectivity index (χ2v) is 7.06. The van der Waals surface area contributed by atoms with Crippen molar-refractivity contribution in [3.8, 4) is 17.2 Å². The highest BCUT2D eigenvalue weighted by Gasteiger charge is 2.06. The van der Waals surface area contributed by atoms with Crippen molar-refractivity contribution in [2.24, 2.45) is 0 Å². The Balaban J connectivity index is 1.49. The minimum absolute atomic E-state index is 0.686. The van der Waals surface area contributed by atoms with Crippen molar-refractivity contribution in [1.29, 1.82) is 5.26 Å². The molecule has 0 aliphatic carbocycles. The molecule has 3 nitrogen and oxygen atoms in total. The van der Waals surface area contributed by atoms with Crippen LogP contribution in [-0.2, 0) is 13.0 Å². The molecule has 0 spiro atoms. The van der Waals surface area contributed by atoms with E-state index in [-0.39, 0.29) is 0 Å². The van der Waals surface area contributed by atoms with Gasteiger partial charge < -0.3 is 4.57 Å². The average molecular weight is 363 g/mol. The predicted octanol–water partition coefficient (Wildman–Crippen LogP) is 5.37. The van der Waals surface area contributed by atoms with Crippen molar-refractivity contribution in [2.45, 2.75) is 19.9 Å². The maximum absolute atomic E-state index is 8.94. The molecule has 4 aromatic rings. The SMILES string of the molecule is Cc1cccc(-c2ccc(Cn3cncc3Cc3ccc(C#N)cc3)cc2)c1. The van der Waals surface area contributed by atoms with Crippen LogP contribution in [-0.4, -0.2) is 9.55 Å². The molecule has 0 saturated heterocycles. The molecule has 0 aliphatic heterocycles. The van der Waals surface area contributed by atoms with E-state index in [0.29, 0.717) is 5.56 Å².